The molecule has 1 heteroatoms. The van der Waals surface area contributed by atoms with Crippen molar-refractivity contribution in [3.63, 3.8) is 0 Å². The van der Waals surface area contributed by atoms with Gasteiger partial charge < -0.3 is 0 Å². The molecule has 0 spiro atoms. The van der Waals surface area contributed by atoms with Crippen molar-refractivity contribution in [3.8, 4) is 0 Å². The van der Waals surface area contributed by atoms with E-state index in [2.05, 4.69) is 14.2 Å². The van der Waals surface area contributed by atoms with Gasteiger partial charge in [-0.25, -0.2) is 0 Å². The van der Waals surface area contributed by atoms with E-state index in [4.69, 9.17) is 0 Å². The maximum atomic E-state index is 2.60. The molecule has 0 N–H and O–H groups in total. The smallest absolute Gasteiger partial charge is 0.0775 e. The Morgan fingerprint density at radius 2 is 2.00 bits per heavy atom. The molecule has 0 aromatic rings. The molecule has 1 saturated heterocycles. The van der Waals surface area contributed by atoms with Gasteiger partial charge in [-0.1, -0.05) is 64.5 Å². The molecule has 0 nitrogen and oxygen atoms in total. The van der Waals surface area contributed by atoms with Crippen molar-refractivity contribution in [2.75, 3.05) is 0 Å². The monoisotopic (exact) mass is 205 g/mol. The van der Waals surface area contributed by atoms with Crippen LogP contribution in [0, 0.1) is 17.8 Å². The maximum Gasteiger partial charge on any atom is 0.110 e. The number of unbranched alkanes of at least 4 members (excludes halogenated alkanes) is 1. The minimum Gasteiger partial charge on any atom is -0.0775 e. The van der Waals surface area contributed by atoms with Gasteiger partial charge in [-0.15, -0.1) is 0 Å². The van der Waals surface area contributed by atoms with Gasteiger partial charge in [0.25, 0.3) is 0 Å². The minimum absolute atomic E-state index is 1.06. The van der Waals surface area contributed by atoms with Crippen LogP contribution < -0.4 is 0 Å². The lowest BCUT2D eigenvalue weighted by atomic mass is 9.52. The predicted molar refractivity (Wildman–Crippen MR) is 68.4 cm³/mol. The van der Waals surface area contributed by atoms with E-state index in [1.54, 1.807) is 6.42 Å². The molecule has 0 aromatic heterocycles. The Morgan fingerprint density at radius 3 is 2.87 bits per heavy atom. The number of rotatable bonds is 3. The first-order chi connectivity index (χ1) is 7.40. The van der Waals surface area contributed by atoms with E-state index in [1.807, 2.05) is 0 Å². The van der Waals surface area contributed by atoms with E-state index < -0.39 is 0 Å². The first-order valence-corrected chi connectivity index (χ1v) is 7.21. The van der Waals surface area contributed by atoms with Gasteiger partial charge in [0.1, 0.15) is 7.28 Å². The molecule has 1 heterocycles. The van der Waals surface area contributed by atoms with Crippen molar-refractivity contribution >= 4 is 7.28 Å². The molecule has 15 heavy (non-hydrogen) atoms. The highest BCUT2D eigenvalue weighted by Gasteiger charge is 2.29. The molecule has 2 rings (SSSR count). The molecule has 3 atom stereocenters. The zero-order chi connectivity index (χ0) is 10.5. The van der Waals surface area contributed by atoms with Gasteiger partial charge in [-0.3, -0.25) is 0 Å². The summed E-state index contributed by atoms with van der Waals surface area (Å²) in [6.45, 7) is 2.33. The minimum atomic E-state index is 1.06. The average molecular weight is 205 g/mol. The summed E-state index contributed by atoms with van der Waals surface area (Å²) < 4.78 is 0. The van der Waals surface area contributed by atoms with Gasteiger partial charge >= 0.3 is 0 Å². The molecule has 2 aliphatic rings. The van der Waals surface area contributed by atoms with Crippen LogP contribution in [0.1, 0.15) is 58.3 Å². The lowest BCUT2D eigenvalue weighted by molar-refractivity contribution is 0.216. The van der Waals surface area contributed by atoms with Crippen LogP contribution in [-0.2, 0) is 0 Å². The summed E-state index contributed by atoms with van der Waals surface area (Å²) in [6, 6.07) is 0. The van der Waals surface area contributed by atoms with Crippen molar-refractivity contribution in [1.82, 2.24) is 0 Å². The van der Waals surface area contributed by atoms with Crippen LogP contribution in [0.25, 0.3) is 0 Å². The summed E-state index contributed by atoms with van der Waals surface area (Å²) in [4.78, 5) is 0. The lowest BCUT2D eigenvalue weighted by Crippen LogP contribution is -2.27. The largest absolute Gasteiger partial charge is 0.110 e. The molecule has 1 aliphatic heterocycles. The van der Waals surface area contributed by atoms with Crippen molar-refractivity contribution in [1.29, 1.82) is 0 Å². The van der Waals surface area contributed by atoms with E-state index in [-0.39, 0.29) is 0 Å². The summed E-state index contributed by atoms with van der Waals surface area (Å²) in [6.07, 6.45) is 14.9. The van der Waals surface area contributed by atoms with Gasteiger partial charge in [0.05, 0.1) is 0 Å². The van der Waals surface area contributed by atoms with Crippen LogP contribution in [-0.4, -0.2) is 7.28 Å². The summed E-state index contributed by atoms with van der Waals surface area (Å²) in [5.74, 6) is 3.20. The van der Waals surface area contributed by atoms with Crippen LogP contribution in [0.15, 0.2) is 0 Å². The summed E-state index contributed by atoms with van der Waals surface area (Å²) in [7, 11) is 2.60. The predicted octanol–water partition coefficient (Wildman–Crippen LogP) is 4.54. The zero-order valence-corrected chi connectivity index (χ0v) is 10.4. The summed E-state index contributed by atoms with van der Waals surface area (Å²) in [5, 5.41) is 0. The molecule has 1 saturated carbocycles. The van der Waals surface area contributed by atoms with Crippen LogP contribution in [0.4, 0.5) is 0 Å². The molecule has 1 aliphatic carbocycles. The first kappa shape index (κ1) is 11.5. The highest BCUT2D eigenvalue weighted by molar-refractivity contribution is 6.35. The lowest BCUT2D eigenvalue weighted by Gasteiger charge is -2.37. The first-order valence-electron chi connectivity index (χ1n) is 7.21. The summed E-state index contributed by atoms with van der Waals surface area (Å²) in [5.41, 5.74) is 0. The van der Waals surface area contributed by atoms with E-state index in [9.17, 15) is 0 Å². The van der Waals surface area contributed by atoms with Gasteiger partial charge in [-0.2, -0.15) is 0 Å². The standard InChI is InChI=1S/C14H26B/c1-2-3-7-13-8-5-4-6-12-9-14(13)11-15-10-12/h12-14H,2-11H2,1H3. The Kier molecular flexibility index (Phi) is 4.59. The molecule has 2 fully saturated rings. The third-order valence-electron chi connectivity index (χ3n) is 4.64. The normalized spacial score (nSPS) is 36.5. The Bertz CT molecular complexity index is 176. The second-order valence-electron chi connectivity index (χ2n) is 5.81. The quantitative estimate of drug-likeness (QED) is 0.593. The van der Waals surface area contributed by atoms with E-state index in [0.29, 0.717) is 0 Å². The molecule has 0 aromatic carbocycles. The van der Waals surface area contributed by atoms with Crippen LogP contribution in [0.3, 0.4) is 0 Å². The Balaban J connectivity index is 1.89. The van der Waals surface area contributed by atoms with Crippen molar-refractivity contribution in [2.24, 2.45) is 17.8 Å². The van der Waals surface area contributed by atoms with E-state index in [1.165, 1.54) is 57.6 Å². The number of fused-ring (bicyclic) bond motifs is 2. The molecular formula is C14H26B. The third-order valence-corrected chi connectivity index (χ3v) is 4.64. The van der Waals surface area contributed by atoms with Crippen molar-refractivity contribution in [3.05, 3.63) is 0 Å². The fourth-order valence-electron chi connectivity index (χ4n) is 3.71. The molecule has 0 amide bonds. The Hall–Kier alpha value is 0.0649. The summed E-state index contributed by atoms with van der Waals surface area (Å²) >= 11 is 0. The van der Waals surface area contributed by atoms with Gasteiger partial charge in [0, 0.05) is 0 Å². The Morgan fingerprint density at radius 1 is 1.13 bits per heavy atom. The second-order valence-corrected chi connectivity index (χ2v) is 5.81. The molecule has 1 radical (unpaired) electrons. The average Bonchev–Trinajstić information content (AvgIpc) is 2.27. The number of hydrogen-bond acceptors (Lipinski definition) is 0. The van der Waals surface area contributed by atoms with Crippen LogP contribution in [0.5, 0.6) is 0 Å². The van der Waals surface area contributed by atoms with Crippen LogP contribution >= 0.6 is 0 Å². The van der Waals surface area contributed by atoms with Crippen molar-refractivity contribution in [2.45, 2.75) is 70.9 Å². The fourth-order valence-corrected chi connectivity index (χ4v) is 3.71. The SMILES string of the molecule is CCCCC1CCCCC2C[B]CC1C2. The van der Waals surface area contributed by atoms with E-state index in [0.717, 1.165) is 17.8 Å². The number of hydrogen-bond donors (Lipinski definition) is 0. The zero-order valence-electron chi connectivity index (χ0n) is 10.4. The highest BCUT2D eigenvalue weighted by Crippen LogP contribution is 2.40. The van der Waals surface area contributed by atoms with Crippen LogP contribution in [0.2, 0.25) is 12.6 Å². The fraction of sp³-hybridized carbons (Fsp3) is 1.00. The highest BCUT2D eigenvalue weighted by atomic mass is 14.3. The molecule has 3 unspecified atom stereocenters. The molecule has 85 valence electrons. The second kappa shape index (κ2) is 5.96. The van der Waals surface area contributed by atoms with Crippen molar-refractivity contribution < 1.29 is 0 Å². The van der Waals surface area contributed by atoms with Gasteiger partial charge in [-0.05, 0) is 24.2 Å². The Labute approximate surface area is 96.5 Å². The third kappa shape index (κ3) is 3.26. The molecular weight excluding hydrogens is 179 g/mol. The molecule has 2 bridgehead atoms. The van der Waals surface area contributed by atoms with Gasteiger partial charge in [0.2, 0.25) is 0 Å². The topological polar surface area (TPSA) is 0 Å². The van der Waals surface area contributed by atoms with Gasteiger partial charge in [0.15, 0.2) is 0 Å². The maximum absolute atomic E-state index is 2.60. The van der Waals surface area contributed by atoms with E-state index >= 15 is 0 Å².